The van der Waals surface area contributed by atoms with E-state index in [1.54, 1.807) is 5.30 Å². The summed E-state index contributed by atoms with van der Waals surface area (Å²) in [5, 5.41) is 7.61. The monoisotopic (exact) mass is 1100 g/mol. The average Bonchev–Trinajstić information content (AvgIpc) is 3.38. The van der Waals surface area contributed by atoms with Crippen molar-refractivity contribution in [1.82, 2.24) is 0 Å². The average molecular weight is 1100 g/mol. The van der Waals surface area contributed by atoms with Gasteiger partial charge >= 0.3 is 14.0 Å². The second-order valence-corrected chi connectivity index (χ2v) is 25.9. The quantitative estimate of drug-likeness (QED) is 0.132. The van der Waals surface area contributed by atoms with Gasteiger partial charge in [-0.15, -0.1) is 0 Å². The van der Waals surface area contributed by atoms with E-state index < -0.39 is 0 Å². The molecule has 0 bridgehead atoms. The van der Waals surface area contributed by atoms with E-state index in [2.05, 4.69) is 251 Å². The third-order valence-electron chi connectivity index (χ3n) is 18.5. The molecule has 11 aromatic rings. The highest BCUT2D eigenvalue weighted by molar-refractivity contribution is 7.67. The van der Waals surface area contributed by atoms with E-state index in [1.165, 1.54) is 148 Å². The van der Waals surface area contributed by atoms with E-state index in [0.29, 0.717) is 0 Å². The molecule has 4 aliphatic heterocycles. The van der Waals surface area contributed by atoms with Crippen LogP contribution in [0.15, 0.2) is 235 Å². The Morgan fingerprint density at radius 2 is 0.928 bits per heavy atom. The van der Waals surface area contributed by atoms with Crippen molar-refractivity contribution in [2.24, 2.45) is 0 Å². The minimum absolute atomic E-state index is 0.00214. The Morgan fingerprint density at radius 3 is 1.61 bits per heavy atom. The van der Waals surface area contributed by atoms with E-state index in [-0.39, 0.29) is 21.9 Å². The van der Waals surface area contributed by atoms with Crippen LogP contribution in [0.2, 0.25) is 0 Å². The predicted octanol–water partition coefficient (Wildman–Crippen LogP) is 18.3. The van der Waals surface area contributed by atoms with E-state index in [0.717, 1.165) is 44.7 Å². The minimum Gasteiger partial charge on any atom is -0.496 e. The van der Waals surface area contributed by atoms with Crippen molar-refractivity contribution in [3.8, 4) is 39.1 Å². The molecule has 2 saturated carbocycles. The van der Waals surface area contributed by atoms with Gasteiger partial charge in [0, 0.05) is 44.5 Å². The van der Waals surface area contributed by atoms with Crippen molar-refractivity contribution in [1.29, 1.82) is 0 Å². The van der Waals surface area contributed by atoms with Crippen molar-refractivity contribution in [3.05, 3.63) is 236 Å². The summed E-state index contributed by atoms with van der Waals surface area (Å²) in [5.41, 5.74) is 24.1. The standard InChI is InChI=1S/C30H19BN2O.C26H35OP.C18H13BN2/c1-4-14-24-20(10-1)21-11-2-5-15-25(21)32-26-16-6-7-17-27(26)33(31(24)32)28-18-9-13-23-22-12-3-8-19-29(22)34-30(23)28;1-20-12-11-18-24(27-2)26(20)23-17-9-10-19-25(23)28(21-13-5-3-6-14-21)22-15-7-4-8-16-22;1-3-9-15-13(7-1)14-8-2-5-11-17(14)21-18-12-6-4-10-16(18)20-19(15)21/h1-19H;9-12,17-19,21-22H,3-8,13-16H2,1-2H3;1-12,20H. The Balaban J connectivity index is 0.000000109. The SMILES string of the molecule is COc1cccc(C)c1-c1ccccc1P(C1CCCCC1)C1CCCCC1.c1ccc2c(c1)B1N(c3ccccc3-2)c2ccccc2N1c1cccc2c1oc1ccccc12.c1ccc2c(c1)NB1c3ccccc3-c3ccccc3N12. The van der Waals surface area contributed by atoms with E-state index >= 15 is 0 Å². The third-order valence-corrected chi connectivity index (χ3v) is 22.0. The molecule has 5 heterocycles. The Labute approximate surface area is 490 Å². The van der Waals surface area contributed by atoms with E-state index in [9.17, 15) is 0 Å². The molecule has 9 heteroatoms. The van der Waals surface area contributed by atoms with Crippen LogP contribution in [-0.2, 0) is 0 Å². The summed E-state index contributed by atoms with van der Waals surface area (Å²) in [4.78, 5) is 7.34. The molecule has 0 radical (unpaired) electrons. The summed E-state index contributed by atoms with van der Waals surface area (Å²) < 4.78 is 12.3. The van der Waals surface area contributed by atoms with Gasteiger partial charge in [-0.05, 0) is 137 Å². The number of nitrogens with one attached hydrogen (secondary N) is 1. The van der Waals surface area contributed by atoms with Crippen molar-refractivity contribution in [3.63, 3.8) is 0 Å². The Kier molecular flexibility index (Phi) is 13.7. The zero-order valence-electron chi connectivity index (χ0n) is 47.4. The van der Waals surface area contributed by atoms with Crippen LogP contribution < -0.4 is 40.6 Å². The molecule has 0 amide bonds. The van der Waals surface area contributed by atoms with Crippen molar-refractivity contribution < 1.29 is 9.15 Å². The third kappa shape index (κ3) is 8.91. The van der Waals surface area contributed by atoms with Gasteiger partial charge in [-0.25, -0.2) is 0 Å². The first-order valence-electron chi connectivity index (χ1n) is 30.2. The number of benzene rings is 10. The van der Waals surface area contributed by atoms with Gasteiger partial charge in [0.15, 0.2) is 5.58 Å². The number of para-hydroxylation sites is 8. The Bertz CT molecular complexity index is 4190. The van der Waals surface area contributed by atoms with Crippen LogP contribution in [0, 0.1) is 6.92 Å². The maximum atomic E-state index is 6.49. The molecule has 0 atom stereocenters. The van der Waals surface area contributed by atoms with Gasteiger partial charge in [-0.3, -0.25) is 0 Å². The molecule has 6 nitrogen and oxygen atoms in total. The number of aryl methyl sites for hydroxylation is 1. The zero-order chi connectivity index (χ0) is 55.4. The summed E-state index contributed by atoms with van der Waals surface area (Å²) in [6, 6.07) is 82.7. The molecular weight excluding hydrogens is 1030 g/mol. The Hall–Kier alpha value is -8.44. The molecule has 83 heavy (non-hydrogen) atoms. The first-order chi connectivity index (χ1) is 41.1. The highest BCUT2D eigenvalue weighted by atomic mass is 31.1. The van der Waals surface area contributed by atoms with Crippen LogP contribution in [0.4, 0.5) is 39.8 Å². The first kappa shape index (κ1) is 51.4. The maximum absolute atomic E-state index is 6.49. The van der Waals surface area contributed by atoms with Crippen molar-refractivity contribution >= 4 is 99.9 Å². The predicted molar refractivity (Wildman–Crippen MR) is 355 cm³/mol. The van der Waals surface area contributed by atoms with Crippen LogP contribution >= 0.6 is 7.92 Å². The number of fused-ring (bicyclic) bond motifs is 19. The summed E-state index contributed by atoms with van der Waals surface area (Å²) in [6.45, 7) is 2.42. The highest BCUT2D eigenvalue weighted by Gasteiger charge is 2.48. The molecule has 406 valence electrons. The van der Waals surface area contributed by atoms with Gasteiger partial charge < -0.3 is 28.8 Å². The van der Waals surface area contributed by atoms with Crippen LogP contribution in [0.3, 0.4) is 0 Å². The first-order valence-corrected chi connectivity index (χ1v) is 31.7. The fourth-order valence-electron chi connectivity index (χ4n) is 14.9. The molecule has 6 aliphatic rings. The molecule has 10 aromatic carbocycles. The summed E-state index contributed by atoms with van der Waals surface area (Å²) in [6.07, 6.45) is 14.4. The largest absolute Gasteiger partial charge is 0.496 e. The number of hydrogen-bond acceptors (Lipinski definition) is 6. The zero-order valence-corrected chi connectivity index (χ0v) is 48.3. The van der Waals surface area contributed by atoms with Crippen molar-refractivity contribution in [2.45, 2.75) is 82.4 Å². The molecule has 0 unspecified atom stereocenters. The lowest BCUT2D eigenvalue weighted by Gasteiger charge is -2.39. The number of nitrogens with zero attached hydrogens (tertiary/aromatic N) is 3. The molecule has 17 rings (SSSR count). The second-order valence-electron chi connectivity index (χ2n) is 23.2. The molecule has 1 N–H and O–H groups in total. The summed E-state index contributed by atoms with van der Waals surface area (Å²) in [5.74, 6) is 1.02. The van der Waals surface area contributed by atoms with E-state index in [4.69, 9.17) is 9.15 Å². The van der Waals surface area contributed by atoms with Crippen LogP contribution in [0.25, 0.3) is 55.3 Å². The summed E-state index contributed by atoms with van der Waals surface area (Å²) >= 11 is 0. The lowest BCUT2D eigenvalue weighted by atomic mass is 9.59. The lowest BCUT2D eigenvalue weighted by molar-refractivity contribution is 0.416. The lowest BCUT2D eigenvalue weighted by Crippen LogP contribution is -2.55. The van der Waals surface area contributed by atoms with Crippen LogP contribution in [-0.4, -0.2) is 32.4 Å². The van der Waals surface area contributed by atoms with Crippen LogP contribution in [0.5, 0.6) is 5.75 Å². The number of ether oxygens (including phenoxy) is 1. The fraction of sp³-hybridized carbons (Fsp3) is 0.189. The molecule has 2 fully saturated rings. The number of methoxy groups -OCH3 is 1. The molecule has 0 saturated heterocycles. The number of furan rings is 1. The molecular formula is C74H67B2N4O2P. The number of anilines is 7. The minimum atomic E-state index is -0.122. The molecule has 2 aliphatic carbocycles. The van der Waals surface area contributed by atoms with Gasteiger partial charge in [0.2, 0.25) is 0 Å². The molecule has 0 spiro atoms. The number of rotatable bonds is 6. The normalized spacial score (nSPS) is 15.6. The highest BCUT2D eigenvalue weighted by Crippen LogP contribution is 2.57. The van der Waals surface area contributed by atoms with Gasteiger partial charge in [-0.1, -0.05) is 222 Å². The van der Waals surface area contributed by atoms with Gasteiger partial charge in [0.25, 0.3) is 0 Å². The van der Waals surface area contributed by atoms with Gasteiger partial charge in [0.1, 0.15) is 11.3 Å². The fourth-order valence-corrected chi connectivity index (χ4v) is 18.8. The Morgan fingerprint density at radius 1 is 0.434 bits per heavy atom. The van der Waals surface area contributed by atoms with E-state index in [1.807, 2.05) is 13.2 Å². The van der Waals surface area contributed by atoms with Gasteiger partial charge in [0.05, 0.1) is 29.9 Å². The van der Waals surface area contributed by atoms with Gasteiger partial charge in [-0.2, -0.15) is 0 Å². The smallest absolute Gasteiger partial charge is 0.421 e. The topological polar surface area (TPSA) is 44.1 Å². The van der Waals surface area contributed by atoms with Crippen LogP contribution in [0.1, 0.15) is 69.8 Å². The van der Waals surface area contributed by atoms with Crippen molar-refractivity contribution in [2.75, 3.05) is 26.8 Å². The molecule has 1 aromatic heterocycles. The maximum Gasteiger partial charge on any atom is 0.421 e. The summed E-state index contributed by atoms with van der Waals surface area (Å²) in [7, 11) is 1.69. The number of hydrogen-bond donors (Lipinski definition) is 1. The second kappa shape index (κ2) is 22.0.